The van der Waals surface area contributed by atoms with Crippen molar-refractivity contribution in [3.63, 3.8) is 0 Å². The molecule has 3 unspecified atom stereocenters. The molecule has 2 aliphatic heterocycles. The van der Waals surface area contributed by atoms with Crippen LogP contribution in [0.4, 0.5) is 0 Å². The zero-order valence-corrected chi connectivity index (χ0v) is 18.8. The topological polar surface area (TPSA) is 79.5 Å². The summed E-state index contributed by atoms with van der Waals surface area (Å²) in [4.78, 5) is 33.9. The Hall–Kier alpha value is -1.02. The molecule has 28 heavy (non-hydrogen) atoms. The minimum absolute atomic E-state index is 0. The third kappa shape index (κ3) is 5.53. The first-order valence-electron chi connectivity index (χ1n) is 9.42. The number of pyridine rings is 1. The van der Waals surface area contributed by atoms with E-state index in [0.717, 1.165) is 32.4 Å². The lowest BCUT2D eigenvalue weighted by molar-refractivity contribution is -0.129. The van der Waals surface area contributed by atoms with E-state index in [1.54, 1.807) is 12.3 Å². The monoisotopic (exact) mass is 448 g/mol. The lowest BCUT2D eigenvalue weighted by Crippen LogP contribution is -2.36. The van der Waals surface area contributed by atoms with Gasteiger partial charge in [-0.3, -0.25) is 9.59 Å². The van der Waals surface area contributed by atoms with Gasteiger partial charge in [0.2, 0.25) is 5.91 Å². The van der Waals surface area contributed by atoms with E-state index in [4.69, 9.17) is 5.73 Å². The number of halogens is 2. The molecule has 2 fully saturated rings. The Morgan fingerprint density at radius 1 is 1.32 bits per heavy atom. The number of thioether (sulfide) groups is 1. The number of carbonyl (C=O) groups excluding carboxylic acids is 2. The number of nitrogens with zero attached hydrogens (tertiary/aromatic N) is 3. The predicted molar refractivity (Wildman–Crippen MR) is 118 cm³/mol. The van der Waals surface area contributed by atoms with Crippen LogP contribution in [0.15, 0.2) is 23.4 Å². The van der Waals surface area contributed by atoms with Gasteiger partial charge in [-0.15, -0.1) is 24.8 Å². The summed E-state index contributed by atoms with van der Waals surface area (Å²) in [6, 6.07) is 3.77. The van der Waals surface area contributed by atoms with Crippen molar-refractivity contribution in [3.05, 3.63) is 23.9 Å². The van der Waals surface area contributed by atoms with Crippen molar-refractivity contribution in [3.8, 4) is 0 Å². The summed E-state index contributed by atoms with van der Waals surface area (Å²) >= 11 is 1.39. The van der Waals surface area contributed by atoms with E-state index in [2.05, 4.69) is 11.9 Å². The smallest absolute Gasteiger partial charge is 0.256 e. The van der Waals surface area contributed by atoms with E-state index >= 15 is 0 Å². The van der Waals surface area contributed by atoms with Gasteiger partial charge < -0.3 is 15.5 Å². The molecule has 2 amide bonds. The Kier molecular flexibility index (Phi) is 10.0. The Balaban J connectivity index is 0.00000196. The van der Waals surface area contributed by atoms with Crippen molar-refractivity contribution in [1.82, 2.24) is 14.8 Å². The Labute approximate surface area is 183 Å². The van der Waals surface area contributed by atoms with Gasteiger partial charge in [-0.05, 0) is 57.7 Å². The van der Waals surface area contributed by atoms with Crippen molar-refractivity contribution in [2.45, 2.75) is 49.4 Å². The number of carbonyl (C=O) groups is 2. The van der Waals surface area contributed by atoms with Gasteiger partial charge in [0, 0.05) is 31.9 Å². The van der Waals surface area contributed by atoms with Gasteiger partial charge in [0.1, 0.15) is 5.03 Å². The highest BCUT2D eigenvalue weighted by Gasteiger charge is 2.34. The molecular weight excluding hydrogens is 419 g/mol. The maximum Gasteiger partial charge on any atom is 0.256 e. The molecule has 0 aromatic carbocycles. The van der Waals surface area contributed by atoms with Crippen molar-refractivity contribution in [1.29, 1.82) is 0 Å². The molecule has 3 atom stereocenters. The van der Waals surface area contributed by atoms with Gasteiger partial charge in [0.25, 0.3) is 5.91 Å². The molecule has 2 saturated heterocycles. The van der Waals surface area contributed by atoms with Gasteiger partial charge in [-0.1, -0.05) is 11.8 Å². The van der Waals surface area contributed by atoms with Gasteiger partial charge in [-0.2, -0.15) is 0 Å². The lowest BCUT2D eigenvalue weighted by atomic mass is 10.1. The lowest BCUT2D eigenvalue weighted by Gasteiger charge is -2.23. The van der Waals surface area contributed by atoms with Crippen LogP contribution < -0.4 is 5.73 Å². The summed E-state index contributed by atoms with van der Waals surface area (Å²) < 4.78 is 0. The second kappa shape index (κ2) is 11.2. The third-order valence-corrected chi connectivity index (χ3v) is 6.41. The van der Waals surface area contributed by atoms with Gasteiger partial charge in [0.15, 0.2) is 0 Å². The molecule has 0 radical (unpaired) electrons. The van der Waals surface area contributed by atoms with Crippen LogP contribution in [0, 0.1) is 5.92 Å². The molecule has 9 heteroatoms. The van der Waals surface area contributed by atoms with Gasteiger partial charge in [-0.25, -0.2) is 4.98 Å². The van der Waals surface area contributed by atoms with Crippen molar-refractivity contribution < 1.29 is 9.59 Å². The van der Waals surface area contributed by atoms with Gasteiger partial charge in [0.05, 0.1) is 10.8 Å². The fourth-order valence-electron chi connectivity index (χ4n) is 3.81. The van der Waals surface area contributed by atoms with E-state index in [1.807, 2.05) is 22.8 Å². The highest BCUT2D eigenvalue weighted by Crippen LogP contribution is 2.30. The zero-order valence-electron chi connectivity index (χ0n) is 16.4. The molecule has 3 rings (SSSR count). The normalized spacial score (nSPS) is 22.4. The van der Waals surface area contributed by atoms with Crippen LogP contribution in [-0.2, 0) is 4.79 Å². The minimum atomic E-state index is -0.248. The fraction of sp³-hybridized carbons (Fsp3) is 0.632. The summed E-state index contributed by atoms with van der Waals surface area (Å²) in [6.45, 7) is 6.93. The van der Waals surface area contributed by atoms with Crippen LogP contribution >= 0.6 is 36.6 Å². The van der Waals surface area contributed by atoms with E-state index in [9.17, 15) is 9.59 Å². The molecule has 0 bridgehead atoms. The average Bonchev–Trinajstić information content (AvgIpc) is 3.30. The number of aromatic nitrogens is 1. The van der Waals surface area contributed by atoms with E-state index in [0.29, 0.717) is 29.6 Å². The third-order valence-electron chi connectivity index (χ3n) is 5.31. The highest BCUT2D eigenvalue weighted by molar-refractivity contribution is 8.00. The second-order valence-electron chi connectivity index (χ2n) is 7.29. The Morgan fingerprint density at radius 2 is 2.00 bits per heavy atom. The number of hydrogen-bond acceptors (Lipinski definition) is 5. The minimum Gasteiger partial charge on any atom is -0.342 e. The van der Waals surface area contributed by atoms with Crippen LogP contribution in [-0.4, -0.2) is 64.1 Å². The van der Waals surface area contributed by atoms with Crippen LogP contribution in [0.3, 0.4) is 0 Å². The molecule has 0 spiro atoms. The van der Waals surface area contributed by atoms with Crippen molar-refractivity contribution in [2.24, 2.45) is 11.7 Å². The van der Waals surface area contributed by atoms with Crippen LogP contribution in [0.2, 0.25) is 0 Å². The molecule has 158 valence electrons. The second-order valence-corrected chi connectivity index (χ2v) is 8.62. The van der Waals surface area contributed by atoms with E-state index < -0.39 is 0 Å². The van der Waals surface area contributed by atoms with Crippen LogP contribution in [0.1, 0.15) is 43.5 Å². The number of hydrogen-bond donors (Lipinski definition) is 1. The number of rotatable bonds is 5. The Morgan fingerprint density at radius 3 is 2.61 bits per heavy atom. The summed E-state index contributed by atoms with van der Waals surface area (Å²) in [5, 5.41) is 0.392. The SMILES string of the molecule is CC(Sc1ncccc1C(=O)N1CC(CN)CC1C)C(=O)N1CCCC1.Cl.Cl. The van der Waals surface area contributed by atoms with Crippen LogP contribution in [0.25, 0.3) is 0 Å². The fourth-order valence-corrected chi connectivity index (χ4v) is 4.80. The van der Waals surface area contributed by atoms with Gasteiger partial charge >= 0.3 is 0 Å². The first-order valence-corrected chi connectivity index (χ1v) is 10.3. The molecular formula is C19H30Cl2N4O2S. The first-order chi connectivity index (χ1) is 12.5. The largest absolute Gasteiger partial charge is 0.342 e. The first kappa shape index (κ1) is 25.0. The maximum atomic E-state index is 13.1. The van der Waals surface area contributed by atoms with E-state index in [-0.39, 0.29) is 47.9 Å². The number of amides is 2. The quantitative estimate of drug-likeness (QED) is 0.700. The molecule has 6 nitrogen and oxygen atoms in total. The van der Waals surface area contributed by atoms with E-state index in [1.165, 1.54) is 11.8 Å². The molecule has 3 heterocycles. The molecule has 1 aromatic heterocycles. The molecule has 2 aliphatic rings. The molecule has 0 saturated carbocycles. The average molecular weight is 449 g/mol. The maximum absolute atomic E-state index is 13.1. The number of nitrogens with two attached hydrogens (primary N) is 1. The van der Waals surface area contributed by atoms with Crippen molar-refractivity contribution in [2.75, 3.05) is 26.2 Å². The molecule has 0 aliphatic carbocycles. The number of likely N-dealkylation sites (tertiary alicyclic amines) is 2. The van der Waals surface area contributed by atoms with Crippen molar-refractivity contribution >= 4 is 48.4 Å². The summed E-state index contributed by atoms with van der Waals surface area (Å²) in [7, 11) is 0. The molecule has 2 N–H and O–H groups in total. The zero-order chi connectivity index (χ0) is 18.7. The summed E-state index contributed by atoms with van der Waals surface area (Å²) in [5.74, 6) is 0.483. The highest BCUT2D eigenvalue weighted by atomic mass is 35.5. The Bertz CT molecular complexity index is 673. The molecule has 1 aromatic rings. The predicted octanol–water partition coefficient (Wildman–Crippen LogP) is 2.84. The summed E-state index contributed by atoms with van der Waals surface area (Å²) in [5.41, 5.74) is 6.38. The standard InChI is InChI=1S/C19H28N4O2S.2ClH/c1-13-10-15(11-20)12-23(13)19(25)16-6-5-7-21-17(16)26-14(2)18(24)22-8-3-4-9-22;;/h5-7,13-15H,3-4,8-12,20H2,1-2H3;2*1H. The summed E-state index contributed by atoms with van der Waals surface area (Å²) in [6.07, 6.45) is 4.77. The van der Waals surface area contributed by atoms with Crippen LogP contribution in [0.5, 0.6) is 0 Å².